The van der Waals surface area contributed by atoms with Gasteiger partial charge in [-0.3, -0.25) is 9.59 Å². The Bertz CT molecular complexity index is 1050. The van der Waals surface area contributed by atoms with Crippen molar-refractivity contribution in [1.82, 2.24) is 21.1 Å². The average Bonchev–Trinajstić information content (AvgIpc) is 3.21. The quantitative estimate of drug-likeness (QED) is 0.623. The van der Waals surface area contributed by atoms with Gasteiger partial charge < -0.3 is 20.5 Å². The molecule has 0 spiro atoms. The first kappa shape index (κ1) is 23.6. The van der Waals surface area contributed by atoms with Gasteiger partial charge in [0.15, 0.2) is 11.5 Å². The number of amides is 2. The number of piperidine rings is 1. The normalized spacial score (nSPS) is 21.4. The van der Waals surface area contributed by atoms with Crippen LogP contribution in [0.4, 0.5) is 8.78 Å². The number of aromatic nitrogens is 1. The number of carbonyl (C=O) groups is 2. The minimum Gasteiger partial charge on any atom is -0.355 e. The Morgan fingerprint density at radius 1 is 1.28 bits per heavy atom. The fourth-order valence-corrected chi connectivity index (χ4v) is 3.87. The molecular weight excluding hydrogens is 444 g/mol. The number of nitriles is 1. The summed E-state index contributed by atoms with van der Waals surface area (Å²) in [6.45, 7) is 0.978. The number of carbonyl (C=O) groups excluding carboxylic acids is 2. The molecule has 8 nitrogen and oxygen atoms in total. The van der Waals surface area contributed by atoms with E-state index in [1.54, 1.807) is 0 Å². The van der Waals surface area contributed by atoms with Crippen LogP contribution in [0.15, 0.2) is 28.8 Å². The van der Waals surface area contributed by atoms with Crippen LogP contribution in [-0.4, -0.2) is 41.6 Å². The maximum absolute atomic E-state index is 14.0. The van der Waals surface area contributed by atoms with Gasteiger partial charge in [0.1, 0.15) is 17.2 Å². The van der Waals surface area contributed by atoms with Crippen molar-refractivity contribution in [2.45, 2.75) is 37.3 Å². The highest BCUT2D eigenvalue weighted by Gasteiger charge is 2.42. The van der Waals surface area contributed by atoms with Crippen molar-refractivity contribution in [3.63, 3.8) is 0 Å². The van der Waals surface area contributed by atoms with Crippen LogP contribution in [-0.2, 0) is 4.79 Å². The Labute approximate surface area is 189 Å². The van der Waals surface area contributed by atoms with Gasteiger partial charge in [-0.1, -0.05) is 5.16 Å². The van der Waals surface area contributed by atoms with Crippen molar-refractivity contribution in [3.8, 4) is 17.4 Å². The number of nitrogens with zero attached hydrogens (tertiary/aromatic N) is 2. The van der Waals surface area contributed by atoms with E-state index in [4.69, 9.17) is 4.52 Å². The van der Waals surface area contributed by atoms with Crippen LogP contribution >= 0.6 is 12.4 Å². The van der Waals surface area contributed by atoms with Gasteiger partial charge in [0.25, 0.3) is 5.91 Å². The number of hydrogen-bond acceptors (Lipinski definition) is 6. The van der Waals surface area contributed by atoms with Crippen molar-refractivity contribution in [3.05, 3.63) is 41.6 Å². The third kappa shape index (κ3) is 4.74. The zero-order valence-corrected chi connectivity index (χ0v) is 17.8. The molecule has 32 heavy (non-hydrogen) atoms. The second-order valence-electron chi connectivity index (χ2n) is 7.92. The van der Waals surface area contributed by atoms with Crippen LogP contribution in [0.2, 0.25) is 0 Å². The molecule has 0 bridgehead atoms. The number of benzene rings is 1. The predicted octanol–water partition coefficient (Wildman–Crippen LogP) is 2.31. The molecule has 0 unspecified atom stereocenters. The molecule has 2 aliphatic rings. The summed E-state index contributed by atoms with van der Waals surface area (Å²) >= 11 is 0. The van der Waals surface area contributed by atoms with Gasteiger partial charge >= 0.3 is 0 Å². The predicted molar refractivity (Wildman–Crippen MR) is 112 cm³/mol. The Morgan fingerprint density at radius 3 is 2.72 bits per heavy atom. The molecule has 170 valence electrons. The summed E-state index contributed by atoms with van der Waals surface area (Å²) in [7, 11) is 0. The lowest BCUT2D eigenvalue weighted by Crippen LogP contribution is -2.60. The molecule has 2 atom stereocenters. The highest BCUT2D eigenvalue weighted by molar-refractivity contribution is 5.94. The number of hydrogen-bond donors (Lipinski definition) is 3. The largest absolute Gasteiger partial charge is 0.355 e. The second kappa shape index (κ2) is 9.63. The van der Waals surface area contributed by atoms with Gasteiger partial charge in [0.2, 0.25) is 5.91 Å². The molecule has 1 saturated heterocycles. The van der Waals surface area contributed by atoms with Crippen LogP contribution < -0.4 is 16.0 Å². The van der Waals surface area contributed by atoms with E-state index >= 15 is 0 Å². The van der Waals surface area contributed by atoms with Gasteiger partial charge in [0, 0.05) is 24.7 Å². The molecule has 4 rings (SSSR count). The minimum absolute atomic E-state index is 0. The highest BCUT2D eigenvalue weighted by atomic mass is 35.5. The summed E-state index contributed by atoms with van der Waals surface area (Å²) in [5.74, 6) is -2.98. The first-order valence-electron chi connectivity index (χ1n) is 10.1. The van der Waals surface area contributed by atoms with Crippen molar-refractivity contribution < 1.29 is 22.9 Å². The summed E-state index contributed by atoms with van der Waals surface area (Å²) in [5, 5.41) is 21.8. The third-order valence-corrected chi connectivity index (χ3v) is 5.86. The second-order valence-corrected chi connectivity index (χ2v) is 7.92. The fourth-order valence-electron chi connectivity index (χ4n) is 3.87. The molecule has 2 fully saturated rings. The molecular formula is C21H22ClF2N5O3. The fraction of sp³-hybridized carbons (Fsp3) is 0.429. The third-order valence-electron chi connectivity index (χ3n) is 5.86. The Hall–Kier alpha value is -3.03. The van der Waals surface area contributed by atoms with Gasteiger partial charge in [0.05, 0.1) is 17.6 Å². The first-order chi connectivity index (χ1) is 14.9. The zero-order valence-electron chi connectivity index (χ0n) is 17.0. The maximum Gasteiger partial charge on any atom is 0.273 e. The molecule has 0 radical (unpaired) electrons. The standard InChI is InChI=1S/C21H21F2N5O3.ClH/c22-12-2-3-13(15(23)8-12)18-9-17(28-31-18)20(30)26-16-4-7-25-10-14(16)19(29)27-21(11-24)5-1-6-21;/h2-3,8-9,14,16,25H,1,4-7,10H2,(H,26,30)(H,27,29);1H/t14-,16-;/m1./s1. The molecule has 1 aromatic carbocycles. The lowest BCUT2D eigenvalue weighted by Gasteiger charge is -2.39. The average molecular weight is 466 g/mol. The van der Waals surface area contributed by atoms with Crippen LogP contribution in [0.1, 0.15) is 36.2 Å². The molecule has 1 aliphatic heterocycles. The van der Waals surface area contributed by atoms with Crippen LogP contribution in [0.25, 0.3) is 11.3 Å². The number of halogens is 3. The zero-order chi connectivity index (χ0) is 22.0. The lowest BCUT2D eigenvalue weighted by molar-refractivity contribution is -0.128. The topological polar surface area (TPSA) is 120 Å². The van der Waals surface area contributed by atoms with E-state index in [1.165, 1.54) is 12.1 Å². The summed E-state index contributed by atoms with van der Waals surface area (Å²) < 4.78 is 32.1. The van der Waals surface area contributed by atoms with E-state index in [0.29, 0.717) is 38.4 Å². The van der Waals surface area contributed by atoms with Crippen LogP contribution in [0.5, 0.6) is 0 Å². The molecule has 1 saturated carbocycles. The number of nitrogens with one attached hydrogen (secondary N) is 3. The summed E-state index contributed by atoms with van der Waals surface area (Å²) in [6.07, 6.45) is 2.64. The molecule has 2 amide bonds. The Morgan fingerprint density at radius 2 is 2.06 bits per heavy atom. The van der Waals surface area contributed by atoms with Gasteiger partial charge in [-0.15, -0.1) is 12.4 Å². The Kier molecular flexibility index (Phi) is 7.11. The smallest absolute Gasteiger partial charge is 0.273 e. The van der Waals surface area contributed by atoms with Crippen LogP contribution in [0.3, 0.4) is 0 Å². The van der Waals surface area contributed by atoms with E-state index in [2.05, 4.69) is 27.2 Å². The summed E-state index contributed by atoms with van der Waals surface area (Å²) in [5.41, 5.74) is -0.915. The van der Waals surface area contributed by atoms with E-state index in [0.717, 1.165) is 12.5 Å². The SMILES string of the molecule is Cl.N#CC1(NC(=O)[C@@H]2CNCC[C@H]2NC(=O)c2cc(-c3ccc(F)cc3F)on2)CCC1. The summed E-state index contributed by atoms with van der Waals surface area (Å²) in [4.78, 5) is 25.5. The molecule has 11 heteroatoms. The number of rotatable bonds is 5. The Balaban J connectivity index is 0.00000289. The minimum atomic E-state index is -0.833. The van der Waals surface area contributed by atoms with E-state index in [-0.39, 0.29) is 35.3 Å². The van der Waals surface area contributed by atoms with Gasteiger partial charge in [-0.05, 0) is 44.4 Å². The molecule has 2 heterocycles. The van der Waals surface area contributed by atoms with Crippen molar-refractivity contribution >= 4 is 24.2 Å². The van der Waals surface area contributed by atoms with Crippen molar-refractivity contribution in [1.29, 1.82) is 5.26 Å². The van der Waals surface area contributed by atoms with E-state index < -0.39 is 35.0 Å². The monoisotopic (exact) mass is 465 g/mol. The molecule has 2 aromatic rings. The van der Waals surface area contributed by atoms with Crippen molar-refractivity contribution in [2.24, 2.45) is 5.92 Å². The highest BCUT2D eigenvalue weighted by Crippen LogP contribution is 2.31. The summed E-state index contributed by atoms with van der Waals surface area (Å²) in [6, 6.07) is 5.97. The molecule has 1 aliphatic carbocycles. The lowest BCUT2D eigenvalue weighted by atomic mass is 9.77. The van der Waals surface area contributed by atoms with Gasteiger partial charge in [-0.2, -0.15) is 5.26 Å². The maximum atomic E-state index is 14.0. The van der Waals surface area contributed by atoms with E-state index in [9.17, 15) is 23.6 Å². The van der Waals surface area contributed by atoms with Gasteiger partial charge in [-0.25, -0.2) is 8.78 Å². The first-order valence-corrected chi connectivity index (χ1v) is 10.1. The van der Waals surface area contributed by atoms with E-state index in [1.807, 2.05) is 0 Å². The van der Waals surface area contributed by atoms with Crippen LogP contribution in [0, 0.1) is 28.9 Å². The molecule has 3 N–H and O–H groups in total. The van der Waals surface area contributed by atoms with Crippen molar-refractivity contribution in [2.75, 3.05) is 13.1 Å². The molecule has 1 aromatic heterocycles.